The average Bonchev–Trinajstić information content (AvgIpc) is 2.95. The van der Waals surface area contributed by atoms with E-state index in [0.717, 1.165) is 45.5 Å². The maximum Gasteiger partial charge on any atom is 0.0948 e. The van der Waals surface area contributed by atoms with E-state index in [1.165, 1.54) is 18.5 Å². The van der Waals surface area contributed by atoms with Gasteiger partial charge in [0.15, 0.2) is 0 Å². The normalized spacial score (nSPS) is 16.9. The molecule has 4 heteroatoms. The Morgan fingerprint density at radius 3 is 2.80 bits per heavy atom. The minimum atomic E-state index is 0.470. The van der Waals surface area contributed by atoms with Gasteiger partial charge >= 0.3 is 0 Å². The van der Waals surface area contributed by atoms with Crippen LogP contribution in [0.2, 0.25) is 0 Å². The molecule has 2 heterocycles. The van der Waals surface area contributed by atoms with Crippen LogP contribution < -0.4 is 5.32 Å². The fourth-order valence-electron chi connectivity index (χ4n) is 3.01. The van der Waals surface area contributed by atoms with Crippen LogP contribution in [0.5, 0.6) is 0 Å². The van der Waals surface area contributed by atoms with Gasteiger partial charge in [-0.25, -0.2) is 4.98 Å². The summed E-state index contributed by atoms with van der Waals surface area (Å²) in [5.41, 5.74) is 1.39. The molecule has 0 atom stereocenters. The standard InChI is InChI=1S/C16H29N3O/c1-3-14(4-2)16-12-18-13-19(16)10-5-11-20-15-6-8-17-9-7-15/h12-15,17H,3-11H2,1-2H3. The van der Waals surface area contributed by atoms with Crippen molar-refractivity contribution >= 4 is 0 Å². The highest BCUT2D eigenvalue weighted by molar-refractivity contribution is 5.05. The highest BCUT2D eigenvalue weighted by atomic mass is 16.5. The van der Waals surface area contributed by atoms with Crippen LogP contribution in [0.25, 0.3) is 0 Å². The Hall–Kier alpha value is -0.870. The predicted octanol–water partition coefficient (Wildman–Crippen LogP) is 2.95. The highest BCUT2D eigenvalue weighted by Gasteiger charge is 2.14. The van der Waals surface area contributed by atoms with E-state index in [1.807, 2.05) is 12.5 Å². The van der Waals surface area contributed by atoms with Crippen LogP contribution >= 0.6 is 0 Å². The van der Waals surface area contributed by atoms with E-state index < -0.39 is 0 Å². The molecule has 0 radical (unpaired) electrons. The maximum atomic E-state index is 5.96. The third-order valence-corrected chi connectivity index (χ3v) is 4.33. The first-order chi connectivity index (χ1) is 9.85. The van der Waals surface area contributed by atoms with E-state index >= 15 is 0 Å². The molecular weight excluding hydrogens is 250 g/mol. The zero-order chi connectivity index (χ0) is 14.2. The third-order valence-electron chi connectivity index (χ3n) is 4.33. The molecule has 0 spiro atoms. The van der Waals surface area contributed by atoms with Crippen LogP contribution in [0.4, 0.5) is 0 Å². The van der Waals surface area contributed by atoms with Gasteiger partial charge in [0.2, 0.25) is 0 Å². The lowest BCUT2D eigenvalue weighted by molar-refractivity contribution is 0.0300. The van der Waals surface area contributed by atoms with Crippen molar-refractivity contribution in [1.29, 1.82) is 0 Å². The van der Waals surface area contributed by atoms with Gasteiger partial charge in [0.1, 0.15) is 0 Å². The summed E-state index contributed by atoms with van der Waals surface area (Å²) in [4.78, 5) is 4.32. The van der Waals surface area contributed by atoms with Crippen LogP contribution in [0.1, 0.15) is 57.6 Å². The fourth-order valence-corrected chi connectivity index (χ4v) is 3.01. The van der Waals surface area contributed by atoms with Crippen LogP contribution in [-0.4, -0.2) is 35.4 Å². The summed E-state index contributed by atoms with van der Waals surface area (Å²) in [5, 5.41) is 3.37. The van der Waals surface area contributed by atoms with Gasteiger partial charge in [0.25, 0.3) is 0 Å². The maximum absolute atomic E-state index is 5.96. The first-order valence-electron chi connectivity index (χ1n) is 8.17. The molecule has 0 bridgehead atoms. The number of hydrogen-bond donors (Lipinski definition) is 1. The number of imidazole rings is 1. The molecule has 1 fully saturated rings. The van der Waals surface area contributed by atoms with Crippen molar-refractivity contribution in [3.63, 3.8) is 0 Å². The van der Waals surface area contributed by atoms with Gasteiger partial charge in [-0.15, -0.1) is 0 Å². The summed E-state index contributed by atoms with van der Waals surface area (Å²) in [6.07, 6.45) is 10.2. The van der Waals surface area contributed by atoms with Crippen LogP contribution in [0, 0.1) is 0 Å². The van der Waals surface area contributed by atoms with Crippen molar-refractivity contribution in [2.75, 3.05) is 19.7 Å². The van der Waals surface area contributed by atoms with Crippen molar-refractivity contribution in [2.24, 2.45) is 0 Å². The van der Waals surface area contributed by atoms with Crippen LogP contribution in [0.15, 0.2) is 12.5 Å². The Labute approximate surface area is 122 Å². The average molecular weight is 279 g/mol. The van der Waals surface area contributed by atoms with Gasteiger partial charge in [-0.3, -0.25) is 0 Å². The Morgan fingerprint density at radius 2 is 2.10 bits per heavy atom. The lowest BCUT2D eigenvalue weighted by atomic mass is 10.00. The van der Waals surface area contributed by atoms with Gasteiger partial charge in [0.05, 0.1) is 12.4 Å². The zero-order valence-corrected chi connectivity index (χ0v) is 13.0. The highest BCUT2D eigenvalue weighted by Crippen LogP contribution is 2.22. The second kappa shape index (κ2) is 8.42. The molecule has 4 nitrogen and oxygen atoms in total. The topological polar surface area (TPSA) is 39.1 Å². The van der Waals surface area contributed by atoms with Crippen molar-refractivity contribution < 1.29 is 4.74 Å². The van der Waals surface area contributed by atoms with Gasteiger partial charge in [-0.2, -0.15) is 0 Å². The van der Waals surface area contributed by atoms with Gasteiger partial charge in [0, 0.05) is 31.0 Å². The second-order valence-electron chi connectivity index (χ2n) is 5.70. The Balaban J connectivity index is 1.72. The summed E-state index contributed by atoms with van der Waals surface area (Å²) < 4.78 is 8.27. The number of ether oxygens (including phenoxy) is 1. The molecule has 20 heavy (non-hydrogen) atoms. The van der Waals surface area contributed by atoms with Gasteiger partial charge in [-0.1, -0.05) is 13.8 Å². The summed E-state index contributed by atoms with van der Waals surface area (Å²) in [6, 6.07) is 0. The van der Waals surface area contributed by atoms with E-state index in [1.54, 1.807) is 0 Å². The first kappa shape index (κ1) is 15.5. The molecule has 0 aliphatic carbocycles. The summed E-state index contributed by atoms with van der Waals surface area (Å²) in [7, 11) is 0. The van der Waals surface area contributed by atoms with E-state index in [9.17, 15) is 0 Å². The smallest absolute Gasteiger partial charge is 0.0948 e. The molecule has 2 rings (SSSR count). The zero-order valence-electron chi connectivity index (χ0n) is 13.0. The molecule has 1 aromatic rings. The molecule has 1 aliphatic heterocycles. The van der Waals surface area contributed by atoms with E-state index in [4.69, 9.17) is 4.74 Å². The minimum Gasteiger partial charge on any atom is -0.378 e. The number of nitrogens with one attached hydrogen (secondary N) is 1. The fraction of sp³-hybridized carbons (Fsp3) is 0.812. The quantitative estimate of drug-likeness (QED) is 0.744. The van der Waals surface area contributed by atoms with Crippen molar-refractivity contribution in [3.8, 4) is 0 Å². The lowest BCUT2D eigenvalue weighted by Crippen LogP contribution is -2.32. The van der Waals surface area contributed by atoms with Crippen molar-refractivity contribution in [3.05, 3.63) is 18.2 Å². The Kier molecular flexibility index (Phi) is 6.54. The monoisotopic (exact) mass is 279 g/mol. The molecule has 1 saturated heterocycles. The minimum absolute atomic E-state index is 0.470. The molecule has 0 aromatic carbocycles. The molecular formula is C16H29N3O. The van der Waals surface area contributed by atoms with Crippen LogP contribution in [0.3, 0.4) is 0 Å². The molecule has 1 N–H and O–H groups in total. The first-order valence-corrected chi connectivity index (χ1v) is 8.17. The van der Waals surface area contributed by atoms with Gasteiger partial charge < -0.3 is 14.6 Å². The molecule has 1 aliphatic rings. The summed E-state index contributed by atoms with van der Waals surface area (Å²) >= 11 is 0. The number of nitrogens with zero attached hydrogens (tertiary/aromatic N) is 2. The largest absolute Gasteiger partial charge is 0.378 e. The third kappa shape index (κ3) is 4.32. The van der Waals surface area contributed by atoms with Gasteiger partial charge in [-0.05, 0) is 45.2 Å². The predicted molar refractivity (Wildman–Crippen MR) is 82.0 cm³/mol. The molecule has 0 amide bonds. The molecule has 0 saturated carbocycles. The molecule has 0 unspecified atom stereocenters. The van der Waals surface area contributed by atoms with Crippen molar-refractivity contribution in [1.82, 2.24) is 14.9 Å². The lowest BCUT2D eigenvalue weighted by Gasteiger charge is -2.23. The molecule has 1 aromatic heterocycles. The second-order valence-corrected chi connectivity index (χ2v) is 5.70. The van der Waals surface area contributed by atoms with E-state index in [-0.39, 0.29) is 0 Å². The van der Waals surface area contributed by atoms with E-state index in [0.29, 0.717) is 12.0 Å². The number of aryl methyl sites for hydroxylation is 1. The van der Waals surface area contributed by atoms with E-state index in [2.05, 4.69) is 28.7 Å². The Morgan fingerprint density at radius 1 is 1.35 bits per heavy atom. The summed E-state index contributed by atoms with van der Waals surface area (Å²) in [6.45, 7) is 8.61. The Bertz CT molecular complexity index is 368. The SMILES string of the molecule is CCC(CC)c1cncn1CCCOC1CCNCC1. The number of aromatic nitrogens is 2. The summed E-state index contributed by atoms with van der Waals surface area (Å²) in [5.74, 6) is 0.642. The molecule has 114 valence electrons. The van der Waals surface area contributed by atoms with Crippen molar-refractivity contribution in [2.45, 2.75) is 64.5 Å². The number of piperidine rings is 1. The van der Waals surface area contributed by atoms with Crippen LogP contribution in [-0.2, 0) is 11.3 Å². The number of rotatable bonds is 8. The number of hydrogen-bond acceptors (Lipinski definition) is 3.